The van der Waals surface area contributed by atoms with Crippen LogP contribution in [0.25, 0.3) is 0 Å². The second-order valence-corrected chi connectivity index (χ2v) is 22.7. The summed E-state index contributed by atoms with van der Waals surface area (Å²) in [6.07, 6.45) is 6.39. The molecule has 2 aliphatic rings. The van der Waals surface area contributed by atoms with E-state index in [4.69, 9.17) is 5.73 Å². The van der Waals surface area contributed by atoms with Crippen molar-refractivity contribution in [2.24, 2.45) is 17.1 Å². The molecule has 0 aromatic heterocycles. The highest BCUT2D eigenvalue weighted by Crippen LogP contribution is 2.35. The molecule has 70 heavy (non-hydrogen) atoms. The number of nitrogens with one attached hydrogen (secondary N) is 7. The molecule has 9 atom stereocenters. The van der Waals surface area contributed by atoms with Crippen molar-refractivity contribution in [3.8, 4) is 0 Å². The van der Waals surface area contributed by atoms with Crippen LogP contribution in [0.1, 0.15) is 138 Å². The monoisotopic (exact) mass is 983 g/mol. The molecule has 0 saturated carbocycles. The van der Waals surface area contributed by atoms with Crippen LogP contribution in [-0.4, -0.2) is 103 Å². The van der Waals surface area contributed by atoms with Gasteiger partial charge in [0.25, 0.3) is 0 Å². The number of hydrogen-bond donors (Lipinski definition) is 9. The van der Waals surface area contributed by atoms with E-state index in [-0.39, 0.29) is 72.7 Å². The lowest BCUT2D eigenvalue weighted by Crippen LogP contribution is -2.62. The Morgan fingerprint density at radius 2 is 1.21 bits per heavy atom. The molecule has 0 fully saturated rings. The van der Waals surface area contributed by atoms with Crippen molar-refractivity contribution in [2.45, 2.75) is 159 Å². The van der Waals surface area contributed by atoms with Gasteiger partial charge in [-0.25, -0.2) is 0 Å². The summed E-state index contributed by atoms with van der Waals surface area (Å²) in [7, 11) is 3.42. The number of nitrogens with two attached hydrogens (primary N) is 1. The van der Waals surface area contributed by atoms with E-state index in [2.05, 4.69) is 76.2 Å². The van der Waals surface area contributed by atoms with Crippen molar-refractivity contribution in [2.75, 3.05) is 33.0 Å². The van der Waals surface area contributed by atoms with Gasteiger partial charge in [-0.2, -0.15) is 11.8 Å². The molecule has 0 aliphatic heterocycles. The summed E-state index contributed by atoms with van der Waals surface area (Å²) in [6.45, 7) is 13.6. The van der Waals surface area contributed by atoms with Gasteiger partial charge in [0.05, 0.1) is 30.8 Å². The number of thioether (sulfide) groups is 1. The number of aliphatic hydroxyl groups is 1. The summed E-state index contributed by atoms with van der Waals surface area (Å²) in [4.78, 5) is 70.3. The SMILES string of the molecule is CN[C@@H](C)C(=O)NC(CC(C[C@@H](CN)c1ccc(C[C@H](NC(=O)[C@@H](NC(=O)[C@H](C)NC)C(C)(C)SCCO)C(=O)N[C@@H]2CCCc3ccccc32)cc1)C(=O)N[C@@H]1CCCc2ccccc21)C(C)(C)C. The van der Waals surface area contributed by atoms with Crippen molar-refractivity contribution < 1.29 is 29.1 Å². The molecule has 0 heterocycles. The van der Waals surface area contributed by atoms with Crippen LogP contribution in [0, 0.1) is 11.3 Å². The normalized spacial score (nSPS) is 18.8. The highest BCUT2D eigenvalue weighted by atomic mass is 32.2. The maximum Gasteiger partial charge on any atom is 0.244 e. The molecule has 3 aromatic carbocycles. The molecule has 5 amide bonds. The maximum atomic E-state index is 14.7. The van der Waals surface area contributed by atoms with Gasteiger partial charge in [0.1, 0.15) is 12.1 Å². The Morgan fingerprint density at radius 3 is 1.73 bits per heavy atom. The molecule has 0 saturated heterocycles. The van der Waals surface area contributed by atoms with E-state index in [1.807, 2.05) is 75.4 Å². The third-order valence-corrected chi connectivity index (χ3v) is 15.8. The van der Waals surface area contributed by atoms with Crippen LogP contribution in [0.4, 0.5) is 0 Å². The van der Waals surface area contributed by atoms with Crippen molar-refractivity contribution >= 4 is 41.3 Å². The number of amides is 5. The standard InChI is InChI=1S/C55H82N8O6S/c1-34(57-8)49(65)62-47(54(3,4)5)32-40(51(67)59-44-22-14-18-38-16-10-12-20-42(38)44)31-41(33-56)37-26-24-36(25-27-37)30-46(52(68)60-45-23-15-19-39-17-11-13-21-43(39)45)61-53(69)48(55(6,7)70-29-28-64)63-50(66)35(2)58-9/h10-13,16-17,20-21,24-27,34-35,40-41,44-48,57-58,64H,14-15,18-19,22-23,28-33,56H2,1-9H3,(H,59,67)(H,60,68)(H,61,69)(H,62,65)(H,63,66)/t34-,35-,40?,41-,44+,45+,46-,47?,48+/m0/s1. The van der Waals surface area contributed by atoms with Gasteiger partial charge in [0, 0.05) is 28.9 Å². The zero-order valence-electron chi connectivity index (χ0n) is 43.1. The van der Waals surface area contributed by atoms with Gasteiger partial charge in [-0.3, -0.25) is 24.0 Å². The van der Waals surface area contributed by atoms with Crippen LogP contribution in [0.15, 0.2) is 72.8 Å². The minimum atomic E-state index is -1.04. The molecule has 0 spiro atoms. The molecule has 5 rings (SSSR count). The number of fused-ring (bicyclic) bond motifs is 2. The first-order valence-electron chi connectivity index (χ1n) is 25.4. The molecule has 384 valence electrons. The van der Waals surface area contributed by atoms with Crippen LogP contribution in [-0.2, 0) is 43.2 Å². The molecule has 2 aliphatic carbocycles. The van der Waals surface area contributed by atoms with Crippen LogP contribution in [0.5, 0.6) is 0 Å². The van der Waals surface area contributed by atoms with Crippen LogP contribution >= 0.6 is 11.8 Å². The van der Waals surface area contributed by atoms with Gasteiger partial charge in [0.2, 0.25) is 29.5 Å². The number of hydrogen-bond acceptors (Lipinski definition) is 10. The van der Waals surface area contributed by atoms with E-state index < -0.39 is 40.7 Å². The minimum absolute atomic E-state index is 0.0695. The molecule has 2 unspecified atom stereocenters. The summed E-state index contributed by atoms with van der Waals surface area (Å²) in [6, 6.07) is 20.6. The first kappa shape index (κ1) is 56.1. The average Bonchev–Trinajstić information content (AvgIpc) is 3.35. The summed E-state index contributed by atoms with van der Waals surface area (Å²) in [5, 5.41) is 31.6. The van der Waals surface area contributed by atoms with Crippen LogP contribution in [0.2, 0.25) is 0 Å². The predicted octanol–water partition coefficient (Wildman–Crippen LogP) is 5.28. The Balaban J connectivity index is 1.43. The van der Waals surface area contributed by atoms with Gasteiger partial charge < -0.3 is 48.1 Å². The van der Waals surface area contributed by atoms with Gasteiger partial charge in [0.15, 0.2) is 0 Å². The average molecular weight is 983 g/mol. The summed E-state index contributed by atoms with van der Waals surface area (Å²) in [5.41, 5.74) is 12.6. The molecule has 0 bridgehead atoms. The predicted molar refractivity (Wildman–Crippen MR) is 281 cm³/mol. The van der Waals surface area contributed by atoms with E-state index >= 15 is 0 Å². The lowest BCUT2D eigenvalue weighted by molar-refractivity contribution is -0.133. The number of carbonyl (C=O) groups is 5. The summed E-state index contributed by atoms with van der Waals surface area (Å²) >= 11 is 1.36. The van der Waals surface area contributed by atoms with E-state index in [1.54, 1.807) is 21.0 Å². The van der Waals surface area contributed by atoms with E-state index in [0.717, 1.165) is 60.8 Å². The topological polar surface area (TPSA) is 216 Å². The fourth-order valence-electron chi connectivity index (χ4n) is 9.70. The smallest absolute Gasteiger partial charge is 0.244 e. The van der Waals surface area contributed by atoms with Crippen LogP contribution < -0.4 is 43.0 Å². The number of aliphatic hydroxyl groups excluding tert-OH is 1. The van der Waals surface area contributed by atoms with Crippen molar-refractivity contribution in [3.63, 3.8) is 0 Å². The van der Waals surface area contributed by atoms with Gasteiger partial charge in [-0.1, -0.05) is 93.6 Å². The second-order valence-electron chi connectivity index (χ2n) is 21.0. The fourth-order valence-corrected chi connectivity index (χ4v) is 10.7. The minimum Gasteiger partial charge on any atom is -0.396 e. The Hall–Kier alpha value is -4.80. The first-order valence-corrected chi connectivity index (χ1v) is 26.3. The summed E-state index contributed by atoms with van der Waals surface area (Å²) in [5.74, 6) is -1.78. The van der Waals surface area contributed by atoms with Crippen LogP contribution in [0.3, 0.4) is 0 Å². The van der Waals surface area contributed by atoms with Crippen molar-refractivity contribution in [1.29, 1.82) is 0 Å². The van der Waals surface area contributed by atoms with Gasteiger partial charge in [-0.05, 0) is 144 Å². The molecule has 0 radical (unpaired) electrons. The highest BCUT2D eigenvalue weighted by molar-refractivity contribution is 8.00. The number of benzene rings is 3. The van der Waals surface area contributed by atoms with Gasteiger partial charge in [-0.15, -0.1) is 0 Å². The lowest BCUT2D eigenvalue weighted by Gasteiger charge is -2.36. The Bertz CT molecular complexity index is 2210. The quantitative estimate of drug-likeness (QED) is 0.0567. The van der Waals surface area contributed by atoms with Crippen molar-refractivity contribution in [1.82, 2.24) is 37.2 Å². The third kappa shape index (κ3) is 15.4. The Kier molecular flexibility index (Phi) is 20.9. The number of aryl methyl sites for hydroxylation is 2. The molecule has 10 N–H and O–H groups in total. The van der Waals surface area contributed by atoms with Gasteiger partial charge >= 0.3 is 0 Å². The largest absolute Gasteiger partial charge is 0.396 e. The number of likely N-dealkylation sites (N-methyl/N-ethyl adjacent to an activating group) is 2. The fraction of sp³-hybridized carbons (Fsp3) is 0.582. The molecular weight excluding hydrogens is 901 g/mol. The van der Waals surface area contributed by atoms with E-state index in [0.29, 0.717) is 18.6 Å². The second kappa shape index (κ2) is 26.1. The lowest BCUT2D eigenvalue weighted by atomic mass is 9.77. The van der Waals surface area contributed by atoms with E-state index in [1.165, 1.54) is 22.9 Å². The Morgan fingerprint density at radius 1 is 0.686 bits per heavy atom. The zero-order chi connectivity index (χ0) is 51.2. The third-order valence-electron chi connectivity index (χ3n) is 14.5. The molecular formula is C55H82N8O6S. The number of carbonyl (C=O) groups excluding carboxylic acids is 5. The number of rotatable bonds is 24. The Labute approximate surface area is 421 Å². The molecule has 15 heteroatoms. The zero-order valence-corrected chi connectivity index (χ0v) is 43.9. The summed E-state index contributed by atoms with van der Waals surface area (Å²) < 4.78 is -0.850. The van der Waals surface area contributed by atoms with Crippen molar-refractivity contribution in [3.05, 3.63) is 106 Å². The highest BCUT2D eigenvalue weighted by Gasteiger charge is 2.40. The first-order chi connectivity index (χ1) is 33.3. The van der Waals surface area contributed by atoms with E-state index in [9.17, 15) is 29.1 Å². The maximum absolute atomic E-state index is 14.7. The molecule has 14 nitrogen and oxygen atoms in total. The molecule has 3 aromatic rings.